The van der Waals surface area contributed by atoms with Crippen LogP contribution in [0.3, 0.4) is 0 Å². The van der Waals surface area contributed by atoms with Crippen LogP contribution in [0.1, 0.15) is 19.5 Å². The predicted octanol–water partition coefficient (Wildman–Crippen LogP) is 5.11. The lowest BCUT2D eigenvalue weighted by Crippen LogP contribution is -2.02. The Morgan fingerprint density at radius 1 is 1.28 bits per heavy atom. The molecule has 96 valence electrons. The van der Waals surface area contributed by atoms with Gasteiger partial charge < -0.3 is 4.42 Å². The zero-order valence-electron chi connectivity index (χ0n) is 9.88. The molecule has 0 aliphatic carbocycles. The number of hydrogen-bond donors (Lipinski definition) is 0. The van der Waals surface area contributed by atoms with Gasteiger partial charge in [0.2, 0.25) is 0 Å². The highest BCUT2D eigenvalue weighted by molar-refractivity contribution is 9.10. The van der Waals surface area contributed by atoms with Crippen LogP contribution in [0.2, 0.25) is 5.15 Å². The minimum Gasteiger partial charge on any atom is -0.446 e. The summed E-state index contributed by atoms with van der Waals surface area (Å²) in [4.78, 5) is 8.72. The molecule has 0 atom stereocenters. The van der Waals surface area contributed by atoms with Crippen LogP contribution in [0.25, 0.3) is 11.6 Å². The van der Waals surface area contributed by atoms with Crippen LogP contribution in [-0.2, 0) is 6.42 Å². The maximum Gasteiger partial charge on any atom is 0.197 e. The Bertz CT molecular complexity index is 569. The van der Waals surface area contributed by atoms with Crippen LogP contribution in [-0.4, -0.2) is 9.97 Å². The Kier molecular flexibility index (Phi) is 4.45. The van der Waals surface area contributed by atoms with Gasteiger partial charge in [-0.2, -0.15) is 0 Å². The molecule has 0 unspecified atom stereocenters. The van der Waals surface area contributed by atoms with Crippen LogP contribution in [0.5, 0.6) is 0 Å². The van der Waals surface area contributed by atoms with Crippen molar-refractivity contribution in [2.75, 3.05) is 0 Å². The van der Waals surface area contributed by atoms with Gasteiger partial charge in [-0.05, 0) is 56.3 Å². The second kappa shape index (κ2) is 5.72. The lowest BCUT2D eigenvalue weighted by Gasteiger charge is -2.09. The molecule has 0 spiro atoms. The maximum absolute atomic E-state index is 6.11. The predicted molar refractivity (Wildman–Crippen MR) is 78.7 cm³/mol. The highest BCUT2D eigenvalue weighted by Gasteiger charge is 2.15. The zero-order valence-corrected chi connectivity index (χ0v) is 13.8. The highest BCUT2D eigenvalue weighted by atomic mass is 79.9. The number of aromatic nitrogens is 2. The molecule has 2 rings (SSSR count). The fraction of sp³-hybridized carbons (Fsp3) is 0.333. The summed E-state index contributed by atoms with van der Waals surface area (Å²) in [7, 11) is 0. The summed E-state index contributed by atoms with van der Waals surface area (Å²) in [6.07, 6.45) is 0.831. The third-order valence-corrected chi connectivity index (χ3v) is 4.04. The highest BCUT2D eigenvalue weighted by Crippen LogP contribution is 2.29. The van der Waals surface area contributed by atoms with E-state index in [1.54, 1.807) is 6.07 Å². The molecule has 2 aromatic heterocycles. The molecule has 0 bridgehead atoms. The number of halogens is 3. The summed E-state index contributed by atoms with van der Waals surface area (Å²) in [6.45, 7) is 4.26. The van der Waals surface area contributed by atoms with E-state index in [2.05, 4.69) is 55.7 Å². The molecule has 2 heterocycles. The fourth-order valence-corrected chi connectivity index (χ4v) is 2.36. The largest absolute Gasteiger partial charge is 0.446 e. The Hall–Kier alpha value is -0.390. The standard InChI is InChI=1S/C12H11Br2ClN2O/c1-6(2)5-7-10(14)11(15)17-12(16-7)8-3-4-9(13)18-8/h3-4,6H,5H2,1-2H3. The lowest BCUT2D eigenvalue weighted by molar-refractivity contribution is 0.549. The smallest absolute Gasteiger partial charge is 0.197 e. The molecular formula is C12H11Br2ClN2O. The van der Waals surface area contributed by atoms with Crippen molar-refractivity contribution in [3.8, 4) is 11.6 Å². The molecule has 0 saturated heterocycles. The van der Waals surface area contributed by atoms with Gasteiger partial charge in [0.05, 0.1) is 10.2 Å². The van der Waals surface area contributed by atoms with Crippen molar-refractivity contribution in [3.63, 3.8) is 0 Å². The summed E-state index contributed by atoms with van der Waals surface area (Å²) in [5.74, 6) is 1.59. The first-order valence-electron chi connectivity index (χ1n) is 5.45. The first-order chi connectivity index (χ1) is 8.47. The van der Waals surface area contributed by atoms with Crippen molar-refractivity contribution < 1.29 is 4.42 Å². The van der Waals surface area contributed by atoms with Gasteiger partial charge in [0.15, 0.2) is 16.3 Å². The molecule has 3 nitrogen and oxygen atoms in total. The topological polar surface area (TPSA) is 38.9 Å². The van der Waals surface area contributed by atoms with E-state index in [1.807, 2.05) is 6.07 Å². The van der Waals surface area contributed by atoms with Gasteiger partial charge in [-0.15, -0.1) is 0 Å². The van der Waals surface area contributed by atoms with E-state index < -0.39 is 0 Å². The third kappa shape index (κ3) is 3.13. The summed E-state index contributed by atoms with van der Waals surface area (Å²) in [5.41, 5.74) is 0.896. The van der Waals surface area contributed by atoms with Crippen molar-refractivity contribution >= 4 is 43.5 Å². The summed E-state index contributed by atoms with van der Waals surface area (Å²) in [6, 6.07) is 3.61. The molecule has 6 heteroatoms. The van der Waals surface area contributed by atoms with Gasteiger partial charge in [0.1, 0.15) is 5.15 Å². The van der Waals surface area contributed by atoms with E-state index in [9.17, 15) is 0 Å². The van der Waals surface area contributed by atoms with Gasteiger partial charge in [-0.25, -0.2) is 9.97 Å². The molecule has 0 saturated carbocycles. The van der Waals surface area contributed by atoms with E-state index in [4.69, 9.17) is 16.0 Å². The van der Waals surface area contributed by atoms with E-state index >= 15 is 0 Å². The van der Waals surface area contributed by atoms with Gasteiger partial charge in [0.25, 0.3) is 0 Å². The first-order valence-corrected chi connectivity index (χ1v) is 7.41. The van der Waals surface area contributed by atoms with Gasteiger partial charge in [-0.1, -0.05) is 25.4 Å². The first kappa shape index (κ1) is 14.0. The summed E-state index contributed by atoms with van der Waals surface area (Å²) >= 11 is 12.8. The Labute approximate surface area is 127 Å². The average molecular weight is 394 g/mol. The molecule has 0 amide bonds. The van der Waals surface area contributed by atoms with Crippen LogP contribution >= 0.6 is 43.5 Å². The van der Waals surface area contributed by atoms with E-state index in [1.165, 1.54) is 0 Å². The molecule has 0 N–H and O–H groups in total. The quantitative estimate of drug-likeness (QED) is 0.679. The fourth-order valence-electron chi connectivity index (χ4n) is 1.53. The zero-order chi connectivity index (χ0) is 13.3. The molecule has 0 fully saturated rings. The van der Waals surface area contributed by atoms with Crippen LogP contribution in [0, 0.1) is 5.92 Å². The third-order valence-electron chi connectivity index (χ3n) is 2.27. The minimum atomic E-state index is 0.406. The van der Waals surface area contributed by atoms with E-state index in [0.717, 1.165) is 16.6 Å². The number of furan rings is 1. The molecule has 2 aromatic rings. The van der Waals surface area contributed by atoms with Crippen LogP contribution in [0.15, 0.2) is 25.7 Å². The SMILES string of the molecule is CC(C)Cc1nc(-c2ccc(Br)o2)nc(Cl)c1Br. The summed E-state index contributed by atoms with van der Waals surface area (Å²) in [5, 5.41) is 0.406. The van der Waals surface area contributed by atoms with Crippen LogP contribution in [0.4, 0.5) is 0 Å². The number of hydrogen-bond acceptors (Lipinski definition) is 3. The van der Waals surface area contributed by atoms with Crippen LogP contribution < -0.4 is 0 Å². The molecular weight excluding hydrogens is 383 g/mol. The molecule has 0 aromatic carbocycles. The molecule has 0 radical (unpaired) electrons. The molecule has 0 aliphatic rings. The van der Waals surface area contributed by atoms with E-state index in [0.29, 0.717) is 27.3 Å². The van der Waals surface area contributed by atoms with Crippen molar-refractivity contribution in [2.24, 2.45) is 5.92 Å². The van der Waals surface area contributed by atoms with Crippen molar-refractivity contribution in [2.45, 2.75) is 20.3 Å². The number of rotatable bonds is 3. The van der Waals surface area contributed by atoms with Gasteiger partial charge in [0, 0.05) is 0 Å². The Morgan fingerprint density at radius 3 is 2.56 bits per heavy atom. The summed E-state index contributed by atoms with van der Waals surface area (Å²) < 4.78 is 6.84. The molecule has 0 aliphatic heterocycles. The van der Waals surface area contributed by atoms with Gasteiger partial charge >= 0.3 is 0 Å². The van der Waals surface area contributed by atoms with E-state index in [-0.39, 0.29) is 0 Å². The normalized spacial score (nSPS) is 11.2. The lowest BCUT2D eigenvalue weighted by atomic mass is 10.1. The van der Waals surface area contributed by atoms with Crippen molar-refractivity contribution in [3.05, 3.63) is 32.1 Å². The number of nitrogens with zero attached hydrogens (tertiary/aromatic N) is 2. The maximum atomic E-state index is 6.11. The van der Waals surface area contributed by atoms with Crippen molar-refractivity contribution in [1.29, 1.82) is 0 Å². The second-order valence-electron chi connectivity index (χ2n) is 4.30. The Morgan fingerprint density at radius 2 is 2.00 bits per heavy atom. The average Bonchev–Trinajstić information content (AvgIpc) is 2.70. The molecule has 18 heavy (non-hydrogen) atoms. The second-order valence-corrected chi connectivity index (χ2v) is 6.23. The van der Waals surface area contributed by atoms with Gasteiger partial charge in [-0.3, -0.25) is 0 Å². The van der Waals surface area contributed by atoms with Crippen molar-refractivity contribution in [1.82, 2.24) is 9.97 Å². The Balaban J connectivity index is 2.46. The minimum absolute atomic E-state index is 0.406. The monoisotopic (exact) mass is 392 g/mol.